The van der Waals surface area contributed by atoms with Crippen molar-refractivity contribution >= 4 is 27.5 Å². The summed E-state index contributed by atoms with van der Waals surface area (Å²) in [6.45, 7) is 9.81. The average molecular weight is 596 g/mol. The molecular weight excluding hydrogens is 554 g/mol. The van der Waals surface area contributed by atoms with Crippen LogP contribution in [0.25, 0.3) is 0 Å². The topological polar surface area (TPSA) is 105 Å². The van der Waals surface area contributed by atoms with Crippen LogP contribution < -0.4 is 19.1 Å². The molecule has 0 aliphatic rings. The second kappa shape index (κ2) is 14.7. The van der Waals surface area contributed by atoms with Crippen LogP contribution in [0.2, 0.25) is 0 Å². The quantitative estimate of drug-likeness (QED) is 0.288. The Morgan fingerprint density at radius 2 is 1.60 bits per heavy atom. The lowest BCUT2D eigenvalue weighted by atomic mass is 10.1. The van der Waals surface area contributed by atoms with Gasteiger partial charge in [0.2, 0.25) is 11.8 Å². The summed E-state index contributed by atoms with van der Waals surface area (Å²) < 4.78 is 39.9. The molecule has 1 atom stereocenters. The summed E-state index contributed by atoms with van der Waals surface area (Å²) in [5, 5.41) is 2.89. The molecule has 0 heterocycles. The van der Waals surface area contributed by atoms with Crippen molar-refractivity contribution in [3.05, 3.63) is 83.9 Å². The fraction of sp³-hybridized carbons (Fsp3) is 0.375. The number of nitrogens with one attached hydrogen (secondary N) is 1. The highest BCUT2D eigenvalue weighted by molar-refractivity contribution is 7.92. The maximum Gasteiger partial charge on any atom is 0.264 e. The molecule has 2 amide bonds. The highest BCUT2D eigenvalue weighted by atomic mass is 32.2. The Balaban J connectivity index is 2.01. The monoisotopic (exact) mass is 595 g/mol. The summed E-state index contributed by atoms with van der Waals surface area (Å²) >= 11 is 0. The van der Waals surface area contributed by atoms with Gasteiger partial charge in [0.15, 0.2) is 0 Å². The van der Waals surface area contributed by atoms with E-state index in [1.54, 1.807) is 68.6 Å². The smallest absolute Gasteiger partial charge is 0.264 e. The van der Waals surface area contributed by atoms with Crippen LogP contribution in [-0.2, 0) is 26.2 Å². The number of benzene rings is 3. The van der Waals surface area contributed by atoms with Gasteiger partial charge in [0.05, 0.1) is 24.3 Å². The number of rotatable bonds is 14. The molecule has 3 aromatic rings. The molecule has 0 bridgehead atoms. The van der Waals surface area contributed by atoms with Crippen molar-refractivity contribution in [2.24, 2.45) is 5.92 Å². The third kappa shape index (κ3) is 8.48. The van der Waals surface area contributed by atoms with E-state index < -0.39 is 28.5 Å². The lowest BCUT2D eigenvalue weighted by Gasteiger charge is -2.32. The number of hydrogen-bond acceptors (Lipinski definition) is 6. The van der Waals surface area contributed by atoms with Crippen LogP contribution in [-0.4, -0.2) is 58.0 Å². The minimum atomic E-state index is -4.17. The van der Waals surface area contributed by atoms with Gasteiger partial charge in [-0.2, -0.15) is 0 Å². The summed E-state index contributed by atoms with van der Waals surface area (Å²) in [6, 6.07) is 19.3. The van der Waals surface area contributed by atoms with Crippen molar-refractivity contribution < 1.29 is 27.5 Å². The van der Waals surface area contributed by atoms with E-state index in [1.165, 1.54) is 17.0 Å². The highest BCUT2D eigenvalue weighted by Crippen LogP contribution is 2.26. The van der Waals surface area contributed by atoms with Gasteiger partial charge in [0.1, 0.15) is 24.1 Å². The van der Waals surface area contributed by atoms with Crippen molar-refractivity contribution in [2.75, 3.05) is 31.1 Å². The third-order valence-corrected chi connectivity index (χ3v) is 8.45. The normalized spacial score (nSPS) is 12.0. The molecule has 226 valence electrons. The summed E-state index contributed by atoms with van der Waals surface area (Å²) in [5.74, 6) is 0.521. The second-order valence-corrected chi connectivity index (χ2v) is 12.3. The van der Waals surface area contributed by atoms with Crippen LogP contribution in [0.1, 0.15) is 38.8 Å². The van der Waals surface area contributed by atoms with Gasteiger partial charge in [-0.15, -0.1) is 0 Å². The third-order valence-electron chi connectivity index (χ3n) is 6.66. The number of ether oxygens (including phenoxy) is 2. The van der Waals surface area contributed by atoms with Crippen molar-refractivity contribution in [3.8, 4) is 11.5 Å². The van der Waals surface area contributed by atoms with Crippen molar-refractivity contribution in [2.45, 2.75) is 52.1 Å². The number of carbonyl (C=O) groups is 2. The van der Waals surface area contributed by atoms with Crippen molar-refractivity contribution in [3.63, 3.8) is 0 Å². The first-order valence-electron chi connectivity index (χ1n) is 14.0. The Morgan fingerprint density at radius 3 is 2.19 bits per heavy atom. The van der Waals surface area contributed by atoms with Gasteiger partial charge in [-0.25, -0.2) is 8.42 Å². The van der Waals surface area contributed by atoms with Gasteiger partial charge >= 0.3 is 0 Å². The molecule has 10 heteroatoms. The zero-order chi connectivity index (χ0) is 30.9. The first-order chi connectivity index (χ1) is 20.0. The summed E-state index contributed by atoms with van der Waals surface area (Å²) in [5.41, 5.74) is 2.02. The lowest BCUT2D eigenvalue weighted by Crippen LogP contribution is -2.51. The minimum absolute atomic E-state index is 0.0152. The Morgan fingerprint density at radius 1 is 0.929 bits per heavy atom. The van der Waals surface area contributed by atoms with Gasteiger partial charge in [-0.3, -0.25) is 13.9 Å². The lowest BCUT2D eigenvalue weighted by molar-refractivity contribution is -0.139. The molecular formula is C32H41N3O6S. The van der Waals surface area contributed by atoms with Gasteiger partial charge < -0.3 is 19.7 Å². The zero-order valence-corrected chi connectivity index (χ0v) is 26.0. The Labute approximate surface area is 249 Å². The number of amides is 2. The second-order valence-electron chi connectivity index (χ2n) is 10.4. The molecule has 0 saturated heterocycles. The van der Waals surface area contributed by atoms with Crippen LogP contribution >= 0.6 is 0 Å². The predicted molar refractivity (Wildman–Crippen MR) is 164 cm³/mol. The Kier molecular flexibility index (Phi) is 11.4. The molecule has 0 aliphatic heterocycles. The fourth-order valence-electron chi connectivity index (χ4n) is 4.24. The van der Waals surface area contributed by atoms with Crippen LogP contribution in [0.4, 0.5) is 5.69 Å². The molecule has 0 saturated carbocycles. The van der Waals surface area contributed by atoms with E-state index in [2.05, 4.69) is 5.32 Å². The average Bonchev–Trinajstić information content (AvgIpc) is 2.98. The van der Waals surface area contributed by atoms with E-state index in [-0.39, 0.29) is 23.3 Å². The number of sulfonamides is 1. The largest absolute Gasteiger partial charge is 0.497 e. The van der Waals surface area contributed by atoms with E-state index >= 15 is 0 Å². The van der Waals surface area contributed by atoms with Gasteiger partial charge in [0, 0.05) is 13.1 Å². The number of anilines is 1. The maximum atomic E-state index is 14.0. The van der Waals surface area contributed by atoms with E-state index in [9.17, 15) is 18.0 Å². The molecule has 0 spiro atoms. The molecule has 1 N–H and O–H groups in total. The summed E-state index contributed by atoms with van der Waals surface area (Å²) in [6.07, 6.45) is 0. The molecule has 0 aliphatic carbocycles. The van der Waals surface area contributed by atoms with Gasteiger partial charge in [-0.1, -0.05) is 43.7 Å². The molecule has 0 radical (unpaired) electrons. The van der Waals surface area contributed by atoms with Crippen LogP contribution in [0, 0.1) is 12.8 Å². The number of methoxy groups -OCH3 is 1. The molecule has 0 unspecified atom stereocenters. The molecule has 0 fully saturated rings. The van der Waals surface area contributed by atoms with Gasteiger partial charge in [0.25, 0.3) is 10.0 Å². The summed E-state index contributed by atoms with van der Waals surface area (Å²) in [7, 11) is -2.62. The van der Waals surface area contributed by atoms with E-state index in [0.717, 1.165) is 15.4 Å². The Bertz CT molecular complexity index is 1440. The standard InChI is InChI=1S/C32H41N3O6S/c1-7-41-28-15-17-30(18-16-28)42(38,39)35(27-13-11-24(4)12-14-27)22-31(36)34(25(5)32(37)33-20-23(2)3)21-26-9-8-10-29(19-26)40-6/h8-19,23,25H,7,20-22H2,1-6H3,(H,33,37)/t25-/m0/s1. The number of nitrogens with zero attached hydrogens (tertiary/aromatic N) is 2. The molecule has 0 aromatic heterocycles. The predicted octanol–water partition coefficient (Wildman–Crippen LogP) is 4.79. The first kappa shape index (κ1) is 32.5. The first-order valence-corrected chi connectivity index (χ1v) is 15.4. The molecule has 42 heavy (non-hydrogen) atoms. The number of aryl methyl sites for hydroxylation is 1. The van der Waals surface area contributed by atoms with Gasteiger partial charge in [-0.05, 0) is 80.8 Å². The zero-order valence-electron chi connectivity index (χ0n) is 25.2. The molecule has 9 nitrogen and oxygen atoms in total. The fourth-order valence-corrected chi connectivity index (χ4v) is 5.66. The number of carbonyl (C=O) groups excluding carboxylic acids is 2. The summed E-state index contributed by atoms with van der Waals surface area (Å²) in [4.78, 5) is 28.6. The highest BCUT2D eigenvalue weighted by Gasteiger charge is 2.32. The SMILES string of the molecule is CCOc1ccc(S(=O)(=O)N(CC(=O)N(Cc2cccc(OC)c2)[C@@H](C)C(=O)NCC(C)C)c2ccc(C)cc2)cc1. The van der Waals surface area contributed by atoms with E-state index in [0.29, 0.717) is 30.3 Å². The van der Waals surface area contributed by atoms with Crippen molar-refractivity contribution in [1.82, 2.24) is 10.2 Å². The molecule has 3 aromatic carbocycles. The molecule has 3 rings (SSSR count). The minimum Gasteiger partial charge on any atom is -0.497 e. The Hall–Kier alpha value is -4.05. The van der Waals surface area contributed by atoms with Crippen LogP contribution in [0.15, 0.2) is 77.7 Å². The van der Waals surface area contributed by atoms with Crippen LogP contribution in [0.3, 0.4) is 0 Å². The van der Waals surface area contributed by atoms with E-state index in [1.807, 2.05) is 33.8 Å². The van der Waals surface area contributed by atoms with Crippen LogP contribution in [0.5, 0.6) is 11.5 Å². The van der Waals surface area contributed by atoms with Crippen molar-refractivity contribution in [1.29, 1.82) is 0 Å². The van der Waals surface area contributed by atoms with E-state index in [4.69, 9.17) is 9.47 Å². The number of hydrogen-bond donors (Lipinski definition) is 1. The maximum absolute atomic E-state index is 14.0.